The Hall–Kier alpha value is -3.62. The molecule has 154 valence electrons. The van der Waals surface area contributed by atoms with Crippen molar-refractivity contribution >= 4 is 17.5 Å². The third kappa shape index (κ3) is 4.05. The van der Waals surface area contributed by atoms with Crippen LogP contribution in [0.4, 0.5) is 10.1 Å². The summed E-state index contributed by atoms with van der Waals surface area (Å²) in [6.45, 7) is 3.74. The van der Waals surface area contributed by atoms with Crippen molar-refractivity contribution in [2.24, 2.45) is 11.8 Å². The lowest BCUT2D eigenvalue weighted by atomic mass is 10.0. The standard InChI is InChI=1S/C21H21FN6O2/c1-12-10-16(12)19(14-6-4-3-5-7-14)24-21(30)20(29)23-15-8-9-17(22)18(11-15)28-13(2)25-26-27-28/h3-9,11-12,16,19H,10H2,1-2H3,(H,23,29)(H,24,30). The molecular weight excluding hydrogens is 387 g/mol. The Bertz CT molecular complexity index is 1080. The number of amides is 2. The molecule has 0 bridgehead atoms. The van der Waals surface area contributed by atoms with Gasteiger partial charge in [-0.2, -0.15) is 4.68 Å². The summed E-state index contributed by atoms with van der Waals surface area (Å²) in [5.41, 5.74) is 1.30. The fraction of sp³-hybridized carbons (Fsp3) is 0.286. The van der Waals surface area contributed by atoms with Crippen molar-refractivity contribution in [1.29, 1.82) is 0 Å². The van der Waals surface area contributed by atoms with Crippen LogP contribution in [0.3, 0.4) is 0 Å². The van der Waals surface area contributed by atoms with E-state index in [9.17, 15) is 14.0 Å². The van der Waals surface area contributed by atoms with Crippen LogP contribution < -0.4 is 10.6 Å². The third-order valence-electron chi connectivity index (χ3n) is 5.31. The molecule has 0 aliphatic heterocycles. The van der Waals surface area contributed by atoms with Crippen molar-refractivity contribution < 1.29 is 14.0 Å². The first-order valence-corrected chi connectivity index (χ1v) is 9.65. The molecule has 1 aliphatic rings. The Morgan fingerprint density at radius 1 is 1.17 bits per heavy atom. The molecule has 30 heavy (non-hydrogen) atoms. The largest absolute Gasteiger partial charge is 0.341 e. The maximum atomic E-state index is 14.2. The number of aryl methyl sites for hydroxylation is 1. The van der Waals surface area contributed by atoms with Gasteiger partial charge in [0.05, 0.1) is 6.04 Å². The number of rotatable bonds is 5. The third-order valence-corrected chi connectivity index (χ3v) is 5.31. The summed E-state index contributed by atoms with van der Waals surface area (Å²) in [7, 11) is 0. The fourth-order valence-electron chi connectivity index (χ4n) is 3.51. The maximum Gasteiger partial charge on any atom is 0.313 e. The van der Waals surface area contributed by atoms with Crippen molar-refractivity contribution in [2.75, 3.05) is 5.32 Å². The van der Waals surface area contributed by atoms with E-state index in [2.05, 4.69) is 33.1 Å². The minimum Gasteiger partial charge on any atom is -0.341 e. The Morgan fingerprint density at radius 2 is 1.90 bits per heavy atom. The van der Waals surface area contributed by atoms with Crippen LogP contribution in [0.5, 0.6) is 0 Å². The fourth-order valence-corrected chi connectivity index (χ4v) is 3.51. The van der Waals surface area contributed by atoms with Gasteiger partial charge in [0.2, 0.25) is 0 Å². The monoisotopic (exact) mass is 408 g/mol. The van der Waals surface area contributed by atoms with Crippen LogP contribution in [0.1, 0.15) is 30.8 Å². The van der Waals surface area contributed by atoms with E-state index in [1.165, 1.54) is 22.9 Å². The van der Waals surface area contributed by atoms with Crippen molar-refractivity contribution in [3.8, 4) is 5.69 Å². The van der Waals surface area contributed by atoms with Gasteiger partial charge in [-0.05, 0) is 59.4 Å². The molecule has 3 unspecified atom stereocenters. The SMILES string of the molecule is Cc1nnnn1-c1cc(NC(=O)C(=O)NC(c2ccccc2)C2CC2C)ccc1F. The summed E-state index contributed by atoms with van der Waals surface area (Å²) >= 11 is 0. The van der Waals surface area contributed by atoms with Crippen LogP contribution in [-0.4, -0.2) is 32.0 Å². The highest BCUT2D eigenvalue weighted by Gasteiger charge is 2.41. The van der Waals surface area contributed by atoms with E-state index in [1.807, 2.05) is 30.3 Å². The number of nitrogens with one attached hydrogen (secondary N) is 2. The normalized spacial score (nSPS) is 18.5. The van der Waals surface area contributed by atoms with Crippen LogP contribution in [0.25, 0.3) is 5.69 Å². The number of tetrazole rings is 1. The van der Waals surface area contributed by atoms with Crippen molar-refractivity contribution in [2.45, 2.75) is 26.3 Å². The number of benzene rings is 2. The highest BCUT2D eigenvalue weighted by Crippen LogP contribution is 2.46. The lowest BCUT2D eigenvalue weighted by Crippen LogP contribution is -2.38. The zero-order valence-corrected chi connectivity index (χ0v) is 16.5. The molecule has 0 spiro atoms. The molecule has 8 nitrogen and oxygen atoms in total. The Balaban J connectivity index is 1.48. The van der Waals surface area contributed by atoms with Gasteiger partial charge in [-0.3, -0.25) is 9.59 Å². The molecule has 0 saturated heterocycles. The van der Waals surface area contributed by atoms with Gasteiger partial charge >= 0.3 is 11.8 Å². The highest BCUT2D eigenvalue weighted by molar-refractivity contribution is 6.39. The smallest absolute Gasteiger partial charge is 0.313 e. The zero-order chi connectivity index (χ0) is 21.3. The predicted molar refractivity (Wildman–Crippen MR) is 107 cm³/mol. The van der Waals surface area contributed by atoms with Crippen LogP contribution in [0.15, 0.2) is 48.5 Å². The number of aromatic nitrogens is 4. The Kier molecular flexibility index (Phi) is 5.26. The first-order chi connectivity index (χ1) is 14.4. The second kappa shape index (κ2) is 8.02. The molecule has 0 radical (unpaired) electrons. The zero-order valence-electron chi connectivity index (χ0n) is 16.5. The number of hydrogen-bond acceptors (Lipinski definition) is 5. The Labute approximate surface area is 172 Å². The molecule has 9 heteroatoms. The summed E-state index contributed by atoms with van der Waals surface area (Å²) in [6.07, 6.45) is 0.994. The minimum atomic E-state index is -0.824. The highest BCUT2D eigenvalue weighted by atomic mass is 19.1. The summed E-state index contributed by atoms with van der Waals surface area (Å²) in [5.74, 6) is -0.955. The van der Waals surface area contributed by atoms with Crippen LogP contribution in [-0.2, 0) is 9.59 Å². The second-order valence-electron chi connectivity index (χ2n) is 7.50. The predicted octanol–water partition coefficient (Wildman–Crippen LogP) is 2.56. The van der Waals surface area contributed by atoms with Crippen molar-refractivity contribution in [1.82, 2.24) is 25.5 Å². The molecule has 2 aromatic carbocycles. The molecule has 1 saturated carbocycles. The first-order valence-electron chi connectivity index (χ1n) is 9.65. The van der Waals surface area contributed by atoms with E-state index >= 15 is 0 Å². The number of carbonyl (C=O) groups excluding carboxylic acids is 2. The summed E-state index contributed by atoms with van der Waals surface area (Å²) < 4.78 is 15.4. The summed E-state index contributed by atoms with van der Waals surface area (Å²) in [4.78, 5) is 25.1. The van der Waals surface area contributed by atoms with Gasteiger partial charge in [0.1, 0.15) is 11.5 Å². The molecule has 3 aromatic rings. The number of nitrogens with zero attached hydrogens (tertiary/aromatic N) is 4. The quantitative estimate of drug-likeness (QED) is 0.632. The molecule has 4 rings (SSSR count). The van der Waals surface area contributed by atoms with Gasteiger partial charge in [-0.15, -0.1) is 5.10 Å². The van der Waals surface area contributed by atoms with Gasteiger partial charge in [0, 0.05) is 5.69 Å². The molecule has 2 N–H and O–H groups in total. The minimum absolute atomic E-state index is 0.0738. The second-order valence-corrected chi connectivity index (χ2v) is 7.50. The number of anilines is 1. The lowest BCUT2D eigenvalue weighted by molar-refractivity contribution is -0.136. The molecular formula is C21H21FN6O2. The van der Waals surface area contributed by atoms with Crippen LogP contribution >= 0.6 is 0 Å². The van der Waals surface area contributed by atoms with Crippen LogP contribution in [0.2, 0.25) is 0 Å². The molecule has 1 fully saturated rings. The first kappa shape index (κ1) is 19.7. The molecule has 1 aliphatic carbocycles. The lowest BCUT2D eigenvalue weighted by Gasteiger charge is -2.19. The topological polar surface area (TPSA) is 102 Å². The van der Waals surface area contributed by atoms with E-state index in [1.54, 1.807) is 6.92 Å². The number of hydrogen-bond donors (Lipinski definition) is 2. The van der Waals surface area contributed by atoms with Crippen molar-refractivity contribution in [3.05, 3.63) is 65.7 Å². The molecule has 1 heterocycles. The van der Waals surface area contributed by atoms with Gasteiger partial charge in [-0.1, -0.05) is 37.3 Å². The van der Waals surface area contributed by atoms with E-state index < -0.39 is 17.6 Å². The number of carbonyl (C=O) groups is 2. The average molecular weight is 408 g/mol. The number of halogens is 1. The van der Waals surface area contributed by atoms with Gasteiger partial charge < -0.3 is 10.6 Å². The van der Waals surface area contributed by atoms with E-state index in [4.69, 9.17) is 0 Å². The average Bonchev–Trinajstić information content (AvgIpc) is 3.31. The van der Waals surface area contributed by atoms with Crippen molar-refractivity contribution in [3.63, 3.8) is 0 Å². The van der Waals surface area contributed by atoms with E-state index in [0.717, 1.165) is 12.0 Å². The Morgan fingerprint density at radius 3 is 2.53 bits per heavy atom. The summed E-state index contributed by atoms with van der Waals surface area (Å²) in [5, 5.41) is 16.3. The van der Waals surface area contributed by atoms with Gasteiger partial charge in [0.25, 0.3) is 0 Å². The van der Waals surface area contributed by atoms with E-state index in [-0.39, 0.29) is 17.4 Å². The summed E-state index contributed by atoms with van der Waals surface area (Å²) in [6, 6.07) is 13.3. The molecule has 2 amide bonds. The van der Waals surface area contributed by atoms with Gasteiger partial charge in [0.15, 0.2) is 5.82 Å². The van der Waals surface area contributed by atoms with Crippen LogP contribution in [0, 0.1) is 24.6 Å². The maximum absolute atomic E-state index is 14.2. The molecule has 3 atom stereocenters. The van der Waals surface area contributed by atoms with E-state index in [0.29, 0.717) is 17.7 Å². The molecule has 1 aromatic heterocycles. The van der Waals surface area contributed by atoms with Gasteiger partial charge in [-0.25, -0.2) is 4.39 Å².